The average molecular weight is 865 g/mol. The van der Waals surface area contributed by atoms with Crippen molar-refractivity contribution in [3.05, 3.63) is 122 Å². The Morgan fingerprint density at radius 2 is 1.63 bits per heavy atom. The Hall–Kier alpha value is -4.74. The molecule has 4 aromatic rings. The summed E-state index contributed by atoms with van der Waals surface area (Å²) in [5.41, 5.74) is 6.87. The van der Waals surface area contributed by atoms with Crippen molar-refractivity contribution in [3.63, 3.8) is 0 Å². The Labute approximate surface area is 354 Å². The lowest BCUT2D eigenvalue weighted by atomic mass is 9.87. The van der Waals surface area contributed by atoms with Crippen LogP contribution in [-0.2, 0) is 14.8 Å². The van der Waals surface area contributed by atoms with Gasteiger partial charge in [-0.05, 0) is 92.2 Å². The van der Waals surface area contributed by atoms with Gasteiger partial charge >= 0.3 is 0 Å². The van der Waals surface area contributed by atoms with E-state index in [9.17, 15) is 23.3 Å². The number of hydrazine groups is 1. The molecule has 0 atom stereocenters. The van der Waals surface area contributed by atoms with Gasteiger partial charge in [0.05, 0.1) is 27.6 Å². The molecule has 0 spiro atoms. The third-order valence-electron chi connectivity index (χ3n) is 10.7. The van der Waals surface area contributed by atoms with E-state index >= 15 is 0 Å². The third-order valence-corrected chi connectivity index (χ3v) is 12.5. The smallest absolute Gasteiger partial charge is 0.295 e. The van der Waals surface area contributed by atoms with E-state index in [1.54, 1.807) is 36.4 Å². The van der Waals surface area contributed by atoms with E-state index in [-0.39, 0.29) is 22.6 Å². The number of halogens is 2. The number of carbonyl (C=O) groups is 1. The normalized spacial score (nSPS) is 18.1. The molecule has 0 unspecified atom stereocenters. The number of nitrogens with one attached hydrogen (secondary N) is 2. The number of ether oxygens (including phenoxy) is 2. The van der Waals surface area contributed by atoms with Gasteiger partial charge in [-0.1, -0.05) is 41.4 Å². The van der Waals surface area contributed by atoms with Gasteiger partial charge in [-0.2, -0.15) is 0 Å². The van der Waals surface area contributed by atoms with E-state index in [2.05, 4.69) is 50.8 Å². The number of nitro groups is 1. The van der Waals surface area contributed by atoms with E-state index in [4.69, 9.17) is 32.7 Å². The molecule has 3 heterocycles. The number of rotatable bonds is 12. The number of anilines is 2. The summed E-state index contributed by atoms with van der Waals surface area (Å²) in [6.45, 7) is 11.2. The maximum Gasteiger partial charge on any atom is 0.295 e. The maximum atomic E-state index is 13.8. The van der Waals surface area contributed by atoms with E-state index < -0.39 is 31.4 Å². The molecule has 7 rings (SSSR count). The Kier molecular flexibility index (Phi) is 12.8. The number of carbonyl (C=O) groups excluding carboxylic acids is 1. The van der Waals surface area contributed by atoms with Gasteiger partial charge in [0.2, 0.25) is 0 Å². The molecule has 0 bridgehead atoms. The van der Waals surface area contributed by atoms with E-state index in [1.165, 1.54) is 29.3 Å². The zero-order chi connectivity index (χ0) is 41.9. The highest BCUT2D eigenvalue weighted by Crippen LogP contribution is 2.37. The van der Waals surface area contributed by atoms with Crippen LogP contribution in [-0.4, -0.2) is 112 Å². The summed E-state index contributed by atoms with van der Waals surface area (Å²) in [5, 5.41) is 15.0. The summed E-state index contributed by atoms with van der Waals surface area (Å²) < 4.78 is 41.7. The second kappa shape index (κ2) is 17.9. The summed E-state index contributed by atoms with van der Waals surface area (Å²) >= 11 is 12.5. The van der Waals surface area contributed by atoms with Crippen LogP contribution in [0.2, 0.25) is 10.0 Å². The number of nitro benzene ring substituents is 1. The highest BCUT2D eigenvalue weighted by molar-refractivity contribution is 7.90. The van der Waals surface area contributed by atoms with Crippen molar-refractivity contribution in [2.24, 2.45) is 0 Å². The standard InChI is InChI=1S/C42H47Cl2N7O7S/c1-42(2)26-37(29-7-9-31(43)10-8-29)30(28-57-42)27-48-17-19-49(20-18-48)33-11-13-36(40(24-33)58-34-6-4-5-32(44)23-34)41(52)46-59(55,56)35-12-14-38(39(25-35)51(53)54)45-50-21-15-47(3)16-22-50/h4-14,23-25,45H,15-22,26-28H2,1-3H3,(H,46,52). The number of amides is 1. The van der Waals surface area contributed by atoms with Crippen molar-refractivity contribution in [1.82, 2.24) is 19.5 Å². The molecule has 1 amide bonds. The molecule has 2 fully saturated rings. The van der Waals surface area contributed by atoms with Gasteiger partial charge in [0.1, 0.15) is 17.2 Å². The summed E-state index contributed by atoms with van der Waals surface area (Å²) in [6.07, 6.45) is 0.793. The molecule has 312 valence electrons. The van der Waals surface area contributed by atoms with Crippen LogP contribution in [0, 0.1) is 10.1 Å². The first kappa shape index (κ1) is 42.4. The molecule has 0 aliphatic carbocycles. The van der Waals surface area contributed by atoms with Crippen molar-refractivity contribution < 1.29 is 27.6 Å². The largest absolute Gasteiger partial charge is 0.456 e. The van der Waals surface area contributed by atoms with Crippen molar-refractivity contribution in [2.75, 3.05) is 82.9 Å². The number of benzene rings is 4. The minimum absolute atomic E-state index is 0.0549. The molecular formula is C42H47Cl2N7O7S. The molecule has 4 aromatic carbocycles. The van der Waals surface area contributed by atoms with Gasteiger partial charge in [0.25, 0.3) is 21.6 Å². The second-order valence-electron chi connectivity index (χ2n) is 15.6. The molecule has 17 heteroatoms. The molecule has 0 saturated carbocycles. The first-order valence-corrected chi connectivity index (χ1v) is 21.6. The monoisotopic (exact) mass is 863 g/mol. The SMILES string of the molecule is CN1CCN(Nc2ccc(S(=O)(=O)NC(=O)c3ccc(N4CCN(CC5=C(c6ccc(Cl)cc6)CC(C)(C)OC5)CC4)cc3Oc3cccc(Cl)c3)cc2[N+](=O)[O-])CC1. The first-order chi connectivity index (χ1) is 28.1. The lowest BCUT2D eigenvalue weighted by Gasteiger charge is -2.39. The number of likely N-dealkylation sites (N-methyl/N-ethyl adjacent to an activating group) is 1. The number of piperazine rings is 2. The Bertz CT molecular complexity index is 2350. The van der Waals surface area contributed by atoms with Crippen molar-refractivity contribution in [3.8, 4) is 11.5 Å². The average Bonchev–Trinajstić information content (AvgIpc) is 3.20. The number of hydrogen-bond donors (Lipinski definition) is 2. The first-order valence-electron chi connectivity index (χ1n) is 19.3. The number of hydrogen-bond acceptors (Lipinski definition) is 12. The minimum atomic E-state index is -4.56. The quantitative estimate of drug-likeness (QED) is 0.110. The van der Waals surface area contributed by atoms with Crippen LogP contribution in [0.15, 0.2) is 95.4 Å². The van der Waals surface area contributed by atoms with Crippen molar-refractivity contribution in [2.45, 2.75) is 30.8 Å². The second-order valence-corrected chi connectivity index (χ2v) is 18.1. The van der Waals surface area contributed by atoms with Crippen LogP contribution in [0.4, 0.5) is 17.1 Å². The summed E-state index contributed by atoms with van der Waals surface area (Å²) in [5.74, 6) is -0.515. The lowest BCUT2D eigenvalue weighted by Crippen LogP contribution is -2.47. The van der Waals surface area contributed by atoms with E-state index in [0.717, 1.165) is 56.5 Å². The van der Waals surface area contributed by atoms with Crippen molar-refractivity contribution >= 4 is 61.8 Å². The Balaban J connectivity index is 1.08. The van der Waals surface area contributed by atoms with Crippen LogP contribution in [0.3, 0.4) is 0 Å². The molecule has 2 saturated heterocycles. The van der Waals surface area contributed by atoms with Gasteiger partial charge < -0.3 is 24.7 Å². The van der Waals surface area contributed by atoms with Crippen LogP contribution >= 0.6 is 23.2 Å². The number of nitrogens with zero attached hydrogens (tertiary/aromatic N) is 5. The fourth-order valence-corrected chi connectivity index (χ4v) is 8.68. The summed E-state index contributed by atoms with van der Waals surface area (Å²) in [7, 11) is -2.57. The summed E-state index contributed by atoms with van der Waals surface area (Å²) in [4.78, 5) is 31.5. The molecule has 59 heavy (non-hydrogen) atoms. The predicted octanol–water partition coefficient (Wildman–Crippen LogP) is 7.16. The lowest BCUT2D eigenvalue weighted by molar-refractivity contribution is -0.384. The molecule has 14 nitrogen and oxygen atoms in total. The molecule has 2 N–H and O–H groups in total. The minimum Gasteiger partial charge on any atom is -0.456 e. The van der Waals surface area contributed by atoms with Gasteiger partial charge in [-0.3, -0.25) is 19.8 Å². The van der Waals surface area contributed by atoms with Gasteiger partial charge in [0.15, 0.2) is 0 Å². The fraction of sp³-hybridized carbons (Fsp3) is 0.357. The van der Waals surface area contributed by atoms with Gasteiger partial charge in [-0.15, -0.1) is 0 Å². The van der Waals surface area contributed by atoms with Crippen LogP contribution in [0.1, 0.15) is 36.2 Å². The topological polar surface area (TPSA) is 150 Å². The van der Waals surface area contributed by atoms with Crippen molar-refractivity contribution in [1.29, 1.82) is 0 Å². The molecular weight excluding hydrogens is 817 g/mol. The van der Waals surface area contributed by atoms with Crippen LogP contribution < -0.4 is 19.8 Å². The molecule has 3 aliphatic rings. The molecule has 0 radical (unpaired) electrons. The summed E-state index contributed by atoms with van der Waals surface area (Å²) in [6, 6.07) is 23.1. The molecule has 3 aliphatic heterocycles. The zero-order valence-corrected chi connectivity index (χ0v) is 35.4. The van der Waals surface area contributed by atoms with Gasteiger partial charge in [0, 0.05) is 93.2 Å². The third kappa shape index (κ3) is 10.5. The fourth-order valence-electron chi connectivity index (χ4n) is 7.39. The Morgan fingerprint density at radius 3 is 2.32 bits per heavy atom. The number of sulfonamides is 1. The maximum absolute atomic E-state index is 13.8. The highest BCUT2D eigenvalue weighted by atomic mass is 35.5. The highest BCUT2D eigenvalue weighted by Gasteiger charge is 2.31. The van der Waals surface area contributed by atoms with Crippen LogP contribution in [0.25, 0.3) is 5.57 Å². The zero-order valence-electron chi connectivity index (χ0n) is 33.1. The Morgan fingerprint density at radius 1 is 0.898 bits per heavy atom. The predicted molar refractivity (Wildman–Crippen MR) is 230 cm³/mol. The van der Waals surface area contributed by atoms with E-state index in [1.807, 2.05) is 24.2 Å². The van der Waals surface area contributed by atoms with Crippen LogP contribution in [0.5, 0.6) is 11.5 Å². The van der Waals surface area contributed by atoms with E-state index in [0.29, 0.717) is 48.6 Å². The van der Waals surface area contributed by atoms with Gasteiger partial charge in [-0.25, -0.2) is 18.1 Å². The molecule has 0 aromatic heterocycles.